The normalized spacial score (nSPS) is 9.50. The van der Waals surface area contributed by atoms with Gasteiger partial charge in [0.25, 0.3) is 0 Å². The molecule has 0 bridgehead atoms. The Bertz CT molecular complexity index is 777. The molecular formula is C19H18O5. The summed E-state index contributed by atoms with van der Waals surface area (Å²) in [5, 5.41) is 0. The van der Waals surface area contributed by atoms with Crippen LogP contribution in [0.3, 0.4) is 0 Å². The highest BCUT2D eigenvalue weighted by molar-refractivity contribution is 5.92. The van der Waals surface area contributed by atoms with E-state index in [1.54, 1.807) is 38.5 Å². The van der Waals surface area contributed by atoms with Gasteiger partial charge in [0.2, 0.25) is 0 Å². The lowest BCUT2D eigenvalue weighted by molar-refractivity contribution is 0.0597. The molecule has 2 aromatic carbocycles. The summed E-state index contributed by atoms with van der Waals surface area (Å²) < 4.78 is 20.4. The van der Waals surface area contributed by atoms with Gasteiger partial charge in [0, 0.05) is 17.2 Å². The van der Waals surface area contributed by atoms with Crippen LogP contribution in [0, 0.1) is 11.8 Å². The Morgan fingerprint density at radius 3 is 1.96 bits per heavy atom. The first-order chi connectivity index (χ1) is 11.6. The van der Waals surface area contributed by atoms with Crippen LogP contribution >= 0.6 is 0 Å². The quantitative estimate of drug-likeness (QED) is 0.639. The van der Waals surface area contributed by atoms with E-state index in [1.807, 2.05) is 12.1 Å². The lowest BCUT2D eigenvalue weighted by Crippen LogP contribution is -2.04. The van der Waals surface area contributed by atoms with Crippen molar-refractivity contribution in [1.29, 1.82) is 0 Å². The van der Waals surface area contributed by atoms with Crippen molar-refractivity contribution in [2.45, 2.75) is 0 Å². The van der Waals surface area contributed by atoms with Crippen LogP contribution in [0.2, 0.25) is 0 Å². The van der Waals surface area contributed by atoms with Crippen molar-refractivity contribution in [2.24, 2.45) is 0 Å². The largest absolute Gasteiger partial charge is 0.497 e. The summed E-state index contributed by atoms with van der Waals surface area (Å²) >= 11 is 0. The zero-order valence-corrected chi connectivity index (χ0v) is 14.0. The van der Waals surface area contributed by atoms with Gasteiger partial charge in [0.05, 0.1) is 28.4 Å². The molecular weight excluding hydrogens is 308 g/mol. The molecule has 0 amide bonds. The smallest absolute Gasteiger partial charge is 0.341 e. The number of rotatable bonds is 4. The van der Waals surface area contributed by atoms with Crippen molar-refractivity contribution in [1.82, 2.24) is 0 Å². The molecule has 0 atom stereocenters. The Balaban J connectivity index is 2.36. The van der Waals surface area contributed by atoms with E-state index >= 15 is 0 Å². The van der Waals surface area contributed by atoms with Crippen molar-refractivity contribution >= 4 is 5.97 Å². The highest BCUT2D eigenvalue weighted by Crippen LogP contribution is 2.23. The molecule has 5 nitrogen and oxygen atoms in total. The van der Waals surface area contributed by atoms with Gasteiger partial charge in [-0.25, -0.2) is 4.79 Å². The van der Waals surface area contributed by atoms with Crippen molar-refractivity contribution in [2.75, 3.05) is 28.4 Å². The first-order valence-electron chi connectivity index (χ1n) is 7.12. The van der Waals surface area contributed by atoms with Gasteiger partial charge in [-0.15, -0.1) is 0 Å². The maximum absolute atomic E-state index is 11.7. The zero-order valence-electron chi connectivity index (χ0n) is 14.0. The van der Waals surface area contributed by atoms with Gasteiger partial charge in [-0.2, -0.15) is 0 Å². The molecule has 0 saturated carbocycles. The third kappa shape index (κ3) is 3.99. The van der Waals surface area contributed by atoms with Crippen LogP contribution in [-0.2, 0) is 4.74 Å². The highest BCUT2D eigenvalue weighted by atomic mass is 16.5. The number of carbonyl (C=O) groups is 1. The van der Waals surface area contributed by atoms with Gasteiger partial charge < -0.3 is 18.9 Å². The molecule has 24 heavy (non-hydrogen) atoms. The minimum atomic E-state index is -0.455. The van der Waals surface area contributed by atoms with Crippen LogP contribution in [0.4, 0.5) is 0 Å². The van der Waals surface area contributed by atoms with E-state index in [9.17, 15) is 4.79 Å². The SMILES string of the molecule is COC(=O)c1ccc(C#Cc2cc(OC)cc(OC)c2)cc1OC. The Hall–Kier alpha value is -3.13. The lowest BCUT2D eigenvalue weighted by atomic mass is 10.1. The monoisotopic (exact) mass is 326 g/mol. The first kappa shape index (κ1) is 17.2. The van der Waals surface area contributed by atoms with Gasteiger partial charge in [0.15, 0.2) is 0 Å². The van der Waals surface area contributed by atoms with Crippen LogP contribution in [0.25, 0.3) is 0 Å². The molecule has 124 valence electrons. The second-order valence-corrected chi connectivity index (χ2v) is 4.76. The third-order valence-corrected chi connectivity index (χ3v) is 3.31. The number of methoxy groups -OCH3 is 4. The molecule has 0 unspecified atom stereocenters. The molecule has 0 heterocycles. The molecule has 0 aliphatic heterocycles. The maximum atomic E-state index is 11.7. The minimum Gasteiger partial charge on any atom is -0.497 e. The van der Waals surface area contributed by atoms with Crippen LogP contribution in [-0.4, -0.2) is 34.4 Å². The summed E-state index contributed by atoms with van der Waals surface area (Å²) in [5.74, 6) is 7.36. The summed E-state index contributed by atoms with van der Waals surface area (Å²) in [6.45, 7) is 0. The molecule has 0 fully saturated rings. The Kier molecular flexibility index (Phi) is 5.69. The van der Waals surface area contributed by atoms with Crippen LogP contribution in [0.5, 0.6) is 17.2 Å². The Morgan fingerprint density at radius 2 is 1.42 bits per heavy atom. The van der Waals surface area contributed by atoms with Gasteiger partial charge in [-0.1, -0.05) is 11.8 Å². The molecule has 0 N–H and O–H groups in total. The van der Waals surface area contributed by atoms with Crippen LogP contribution in [0.1, 0.15) is 21.5 Å². The van der Waals surface area contributed by atoms with Crippen molar-refractivity contribution < 1.29 is 23.7 Å². The van der Waals surface area contributed by atoms with Crippen molar-refractivity contribution in [3.63, 3.8) is 0 Å². The van der Waals surface area contributed by atoms with E-state index in [2.05, 4.69) is 11.8 Å². The second kappa shape index (κ2) is 7.93. The van der Waals surface area contributed by atoms with E-state index in [4.69, 9.17) is 18.9 Å². The fourth-order valence-corrected chi connectivity index (χ4v) is 2.07. The fraction of sp³-hybridized carbons (Fsp3) is 0.211. The zero-order chi connectivity index (χ0) is 17.5. The van der Waals surface area contributed by atoms with Gasteiger partial charge >= 0.3 is 5.97 Å². The predicted molar refractivity (Wildman–Crippen MR) is 89.9 cm³/mol. The average Bonchev–Trinajstić information content (AvgIpc) is 2.64. The van der Waals surface area contributed by atoms with E-state index < -0.39 is 5.97 Å². The number of carbonyl (C=O) groups excluding carboxylic acids is 1. The topological polar surface area (TPSA) is 54.0 Å². The number of ether oxygens (including phenoxy) is 4. The number of esters is 1. The van der Waals surface area contributed by atoms with Gasteiger partial charge in [-0.05, 0) is 30.3 Å². The standard InChI is InChI=1S/C19H18O5/c1-21-15-9-14(10-16(12-15)22-2)6-5-13-7-8-17(19(20)24-4)18(11-13)23-3/h7-12H,1-4H3. The van der Waals surface area contributed by atoms with Gasteiger partial charge in [0.1, 0.15) is 22.8 Å². The van der Waals surface area contributed by atoms with Crippen LogP contribution in [0.15, 0.2) is 36.4 Å². The first-order valence-corrected chi connectivity index (χ1v) is 7.12. The molecule has 2 rings (SSSR count). The summed E-state index contributed by atoms with van der Waals surface area (Å²) in [6.07, 6.45) is 0. The van der Waals surface area contributed by atoms with Crippen molar-refractivity contribution in [3.05, 3.63) is 53.1 Å². The Morgan fingerprint density at radius 1 is 0.792 bits per heavy atom. The third-order valence-electron chi connectivity index (χ3n) is 3.31. The maximum Gasteiger partial charge on any atom is 0.341 e. The summed E-state index contributed by atoms with van der Waals surface area (Å²) in [7, 11) is 5.99. The molecule has 0 aliphatic carbocycles. The van der Waals surface area contributed by atoms with E-state index in [0.29, 0.717) is 28.4 Å². The lowest BCUT2D eigenvalue weighted by Gasteiger charge is -2.07. The molecule has 0 radical (unpaired) electrons. The molecule has 2 aromatic rings. The molecule has 0 saturated heterocycles. The highest BCUT2D eigenvalue weighted by Gasteiger charge is 2.12. The van der Waals surface area contributed by atoms with E-state index in [-0.39, 0.29) is 0 Å². The number of hydrogen-bond donors (Lipinski definition) is 0. The number of hydrogen-bond acceptors (Lipinski definition) is 5. The fourth-order valence-electron chi connectivity index (χ4n) is 2.07. The Labute approximate surface area is 141 Å². The summed E-state index contributed by atoms with van der Waals surface area (Å²) in [6, 6.07) is 10.5. The molecule has 0 aliphatic rings. The van der Waals surface area contributed by atoms with Gasteiger partial charge in [-0.3, -0.25) is 0 Å². The second-order valence-electron chi connectivity index (χ2n) is 4.76. The molecule has 0 spiro atoms. The molecule has 0 aromatic heterocycles. The van der Waals surface area contributed by atoms with E-state index in [0.717, 1.165) is 5.56 Å². The van der Waals surface area contributed by atoms with Crippen LogP contribution < -0.4 is 14.2 Å². The summed E-state index contributed by atoms with van der Waals surface area (Å²) in [4.78, 5) is 11.7. The summed E-state index contributed by atoms with van der Waals surface area (Å²) in [5.41, 5.74) is 1.82. The van der Waals surface area contributed by atoms with Crippen molar-refractivity contribution in [3.8, 4) is 29.1 Å². The van der Waals surface area contributed by atoms with E-state index in [1.165, 1.54) is 14.2 Å². The molecule has 5 heteroatoms. The predicted octanol–water partition coefficient (Wildman–Crippen LogP) is 2.90. The number of benzene rings is 2. The average molecular weight is 326 g/mol. The minimum absolute atomic E-state index is 0.355.